The molecule has 1 rings (SSSR count). The molecule has 1 aromatic heterocycles. The van der Waals surface area contributed by atoms with Crippen LogP contribution in [0, 0.1) is 0 Å². The van der Waals surface area contributed by atoms with Gasteiger partial charge in [-0.05, 0) is 19.1 Å². The second kappa shape index (κ2) is 4.65. The molecule has 0 radical (unpaired) electrons. The molecule has 7 heteroatoms. The van der Waals surface area contributed by atoms with E-state index in [2.05, 4.69) is 21.9 Å². The van der Waals surface area contributed by atoms with Crippen molar-refractivity contribution >= 4 is 27.2 Å². The summed E-state index contributed by atoms with van der Waals surface area (Å²) in [5.74, 6) is 0. The zero-order valence-electron chi connectivity index (χ0n) is 8.04. The predicted molar refractivity (Wildman–Crippen MR) is 60.8 cm³/mol. The minimum absolute atomic E-state index is 0.0908. The van der Waals surface area contributed by atoms with E-state index in [-0.39, 0.29) is 9.88 Å². The first kappa shape index (κ1) is 12.0. The summed E-state index contributed by atoms with van der Waals surface area (Å²) in [6.45, 7) is 1.58. The van der Waals surface area contributed by atoms with Crippen molar-refractivity contribution in [3.63, 3.8) is 0 Å². The van der Waals surface area contributed by atoms with E-state index in [4.69, 9.17) is 5.73 Å². The summed E-state index contributed by atoms with van der Waals surface area (Å²) in [5, 5.41) is 0. The molecule has 1 atom stereocenters. The molecule has 0 aliphatic carbocycles. The maximum absolute atomic E-state index is 11.7. The van der Waals surface area contributed by atoms with Gasteiger partial charge in [-0.15, -0.1) is 0 Å². The Hall–Kier alpha value is -1.05. The first-order chi connectivity index (χ1) is 6.93. The van der Waals surface area contributed by atoms with Crippen molar-refractivity contribution < 1.29 is 8.42 Å². The Balaban J connectivity index is 2.91. The van der Waals surface area contributed by atoms with Crippen LogP contribution in [0.15, 0.2) is 29.4 Å². The quantitative estimate of drug-likeness (QED) is 0.731. The molecule has 1 unspecified atom stereocenters. The SMILES string of the molecule is CC(NS(=O)(=O)c1cccnc1)C(N)=S. The van der Waals surface area contributed by atoms with Crippen LogP contribution in [-0.4, -0.2) is 24.4 Å². The van der Waals surface area contributed by atoms with Gasteiger partial charge >= 0.3 is 0 Å². The maximum Gasteiger partial charge on any atom is 0.242 e. The van der Waals surface area contributed by atoms with E-state index in [1.807, 2.05) is 0 Å². The molecule has 15 heavy (non-hydrogen) atoms. The third-order valence-electron chi connectivity index (χ3n) is 1.70. The second-order valence-electron chi connectivity index (χ2n) is 2.93. The largest absolute Gasteiger partial charge is 0.392 e. The number of pyridine rings is 1. The smallest absolute Gasteiger partial charge is 0.242 e. The van der Waals surface area contributed by atoms with Crippen molar-refractivity contribution in [1.29, 1.82) is 0 Å². The van der Waals surface area contributed by atoms with Gasteiger partial charge in [0, 0.05) is 12.4 Å². The fourth-order valence-corrected chi connectivity index (χ4v) is 2.18. The Morgan fingerprint density at radius 3 is 2.80 bits per heavy atom. The second-order valence-corrected chi connectivity index (χ2v) is 5.12. The molecule has 0 saturated carbocycles. The predicted octanol–water partition coefficient (Wildman–Crippen LogP) is 0.0345. The first-order valence-corrected chi connectivity index (χ1v) is 6.04. The number of nitrogens with two attached hydrogens (primary N) is 1. The van der Waals surface area contributed by atoms with Gasteiger partial charge in [-0.25, -0.2) is 13.1 Å². The summed E-state index contributed by atoms with van der Waals surface area (Å²) in [7, 11) is -3.58. The third-order valence-corrected chi connectivity index (χ3v) is 3.58. The van der Waals surface area contributed by atoms with E-state index in [1.54, 1.807) is 13.0 Å². The Labute approximate surface area is 93.8 Å². The maximum atomic E-state index is 11.7. The number of nitrogens with one attached hydrogen (secondary N) is 1. The Bertz CT molecular complexity index is 444. The van der Waals surface area contributed by atoms with E-state index in [9.17, 15) is 8.42 Å². The monoisotopic (exact) mass is 245 g/mol. The van der Waals surface area contributed by atoms with Crippen LogP contribution in [0.3, 0.4) is 0 Å². The van der Waals surface area contributed by atoms with E-state index in [1.165, 1.54) is 18.5 Å². The lowest BCUT2D eigenvalue weighted by Crippen LogP contribution is -2.41. The number of nitrogens with zero attached hydrogens (tertiary/aromatic N) is 1. The summed E-state index contributed by atoms with van der Waals surface area (Å²) in [6.07, 6.45) is 2.75. The topological polar surface area (TPSA) is 85.1 Å². The van der Waals surface area contributed by atoms with Crippen LogP contribution in [0.5, 0.6) is 0 Å². The van der Waals surface area contributed by atoms with Gasteiger partial charge in [0.2, 0.25) is 10.0 Å². The highest BCUT2D eigenvalue weighted by molar-refractivity contribution is 7.89. The molecule has 0 saturated heterocycles. The Kier molecular flexibility index (Phi) is 3.72. The Morgan fingerprint density at radius 1 is 1.67 bits per heavy atom. The lowest BCUT2D eigenvalue weighted by Gasteiger charge is -2.11. The van der Waals surface area contributed by atoms with Crippen LogP contribution in [0.1, 0.15) is 6.92 Å². The number of hydrogen-bond acceptors (Lipinski definition) is 4. The molecule has 0 fully saturated rings. The summed E-state index contributed by atoms with van der Waals surface area (Å²) in [5.41, 5.74) is 5.31. The molecule has 0 spiro atoms. The first-order valence-electron chi connectivity index (χ1n) is 4.15. The van der Waals surface area contributed by atoms with Gasteiger partial charge in [0.15, 0.2) is 0 Å². The molecular formula is C8H11N3O2S2. The van der Waals surface area contributed by atoms with Gasteiger partial charge < -0.3 is 5.73 Å². The van der Waals surface area contributed by atoms with Crippen molar-refractivity contribution in [3.8, 4) is 0 Å². The number of thiocarbonyl (C=S) groups is 1. The van der Waals surface area contributed by atoms with Crippen LogP contribution in [0.2, 0.25) is 0 Å². The zero-order valence-corrected chi connectivity index (χ0v) is 9.68. The van der Waals surface area contributed by atoms with Crippen molar-refractivity contribution in [2.75, 3.05) is 0 Å². The number of hydrogen-bond donors (Lipinski definition) is 2. The van der Waals surface area contributed by atoms with Crippen molar-refractivity contribution in [2.24, 2.45) is 5.73 Å². The number of sulfonamides is 1. The lowest BCUT2D eigenvalue weighted by molar-refractivity contribution is 0.578. The van der Waals surface area contributed by atoms with Gasteiger partial charge in [-0.1, -0.05) is 12.2 Å². The molecule has 0 aliphatic heterocycles. The fourth-order valence-electron chi connectivity index (χ4n) is 0.865. The van der Waals surface area contributed by atoms with Crippen molar-refractivity contribution in [2.45, 2.75) is 17.9 Å². The lowest BCUT2D eigenvalue weighted by atomic mass is 10.4. The van der Waals surface area contributed by atoms with Crippen LogP contribution < -0.4 is 10.5 Å². The summed E-state index contributed by atoms with van der Waals surface area (Å²) >= 11 is 4.67. The van der Waals surface area contributed by atoms with Gasteiger partial charge in [0.1, 0.15) is 4.90 Å². The molecule has 1 heterocycles. The van der Waals surface area contributed by atoms with Crippen LogP contribution in [-0.2, 0) is 10.0 Å². The van der Waals surface area contributed by atoms with Crippen molar-refractivity contribution in [1.82, 2.24) is 9.71 Å². The van der Waals surface area contributed by atoms with Gasteiger partial charge in [-0.3, -0.25) is 4.98 Å². The number of aromatic nitrogens is 1. The standard InChI is InChI=1S/C8H11N3O2S2/c1-6(8(9)14)11-15(12,13)7-3-2-4-10-5-7/h2-6,11H,1H3,(H2,9,14). The fraction of sp³-hybridized carbons (Fsp3) is 0.250. The van der Waals surface area contributed by atoms with E-state index in [0.717, 1.165) is 0 Å². The molecule has 0 bridgehead atoms. The molecule has 5 nitrogen and oxygen atoms in total. The van der Waals surface area contributed by atoms with E-state index >= 15 is 0 Å². The van der Waals surface area contributed by atoms with Crippen LogP contribution in [0.25, 0.3) is 0 Å². The molecular weight excluding hydrogens is 234 g/mol. The third kappa shape index (κ3) is 3.22. The highest BCUT2D eigenvalue weighted by Crippen LogP contribution is 2.06. The molecule has 1 aromatic rings. The van der Waals surface area contributed by atoms with E-state index in [0.29, 0.717) is 0 Å². The average molecular weight is 245 g/mol. The van der Waals surface area contributed by atoms with Gasteiger partial charge in [-0.2, -0.15) is 0 Å². The highest BCUT2D eigenvalue weighted by atomic mass is 32.2. The normalized spacial score (nSPS) is 13.4. The van der Waals surface area contributed by atoms with Crippen LogP contribution >= 0.6 is 12.2 Å². The minimum Gasteiger partial charge on any atom is -0.392 e. The Morgan fingerprint density at radius 2 is 2.33 bits per heavy atom. The van der Waals surface area contributed by atoms with Crippen LogP contribution in [0.4, 0.5) is 0 Å². The molecule has 0 aromatic carbocycles. The summed E-state index contributed by atoms with van der Waals surface area (Å²) in [6, 6.07) is 2.41. The van der Waals surface area contributed by atoms with Gasteiger partial charge in [0.05, 0.1) is 11.0 Å². The minimum atomic E-state index is -3.58. The summed E-state index contributed by atoms with van der Waals surface area (Å²) in [4.78, 5) is 3.91. The molecule has 0 amide bonds. The highest BCUT2D eigenvalue weighted by Gasteiger charge is 2.18. The zero-order chi connectivity index (χ0) is 11.5. The molecule has 3 N–H and O–H groups in total. The average Bonchev–Trinajstić information content (AvgIpc) is 2.18. The molecule has 0 aliphatic rings. The van der Waals surface area contributed by atoms with Crippen molar-refractivity contribution in [3.05, 3.63) is 24.5 Å². The number of rotatable bonds is 4. The van der Waals surface area contributed by atoms with Gasteiger partial charge in [0.25, 0.3) is 0 Å². The van der Waals surface area contributed by atoms with E-state index < -0.39 is 16.1 Å². The summed E-state index contributed by atoms with van der Waals surface area (Å²) < 4.78 is 25.7. The molecule has 82 valence electrons.